The molecule has 1 saturated carbocycles. The number of aromatic nitrogens is 2. The summed E-state index contributed by atoms with van der Waals surface area (Å²) in [4.78, 5) is 9.05. The van der Waals surface area contributed by atoms with Crippen molar-refractivity contribution in [3.05, 3.63) is 42.2 Å². The average molecular weight is 437 g/mol. The summed E-state index contributed by atoms with van der Waals surface area (Å²) < 4.78 is 11.5. The second-order valence-corrected chi connectivity index (χ2v) is 9.74. The monoisotopic (exact) mass is 436 g/mol. The Morgan fingerprint density at radius 3 is 2.25 bits per heavy atom. The third-order valence-electron chi connectivity index (χ3n) is 7.28. The highest BCUT2D eigenvalue weighted by Gasteiger charge is 2.38. The molecule has 0 spiro atoms. The molecule has 1 aliphatic heterocycles. The van der Waals surface area contributed by atoms with Crippen LogP contribution in [-0.2, 0) is 4.74 Å². The molecule has 1 aromatic heterocycles. The molecule has 0 amide bonds. The van der Waals surface area contributed by atoms with Gasteiger partial charge in [-0.05, 0) is 49.5 Å². The predicted octanol–water partition coefficient (Wildman–Crippen LogP) is 7.33. The van der Waals surface area contributed by atoms with Crippen LogP contribution in [0.2, 0.25) is 0 Å². The summed E-state index contributed by atoms with van der Waals surface area (Å²) in [5.41, 5.74) is 2.54. The molecule has 174 valence electrons. The maximum absolute atomic E-state index is 5.82. The maximum atomic E-state index is 5.82. The number of nitrogens with zero attached hydrogens (tertiary/aromatic N) is 2. The van der Waals surface area contributed by atoms with Crippen LogP contribution in [-0.4, -0.2) is 28.8 Å². The van der Waals surface area contributed by atoms with E-state index in [-0.39, 0.29) is 6.10 Å². The number of unbranched alkanes of at least 4 members (excludes halogenated alkanes) is 3. The van der Waals surface area contributed by atoms with Crippen molar-refractivity contribution in [2.24, 2.45) is 5.92 Å². The van der Waals surface area contributed by atoms with Gasteiger partial charge in [0.2, 0.25) is 0 Å². The summed E-state index contributed by atoms with van der Waals surface area (Å²) in [6.07, 6.45) is 18.8. The number of hydrogen-bond acceptors (Lipinski definition) is 4. The van der Waals surface area contributed by atoms with E-state index in [4.69, 9.17) is 9.47 Å². The molecule has 2 aromatic rings. The third kappa shape index (κ3) is 6.54. The summed E-state index contributed by atoms with van der Waals surface area (Å²) in [5, 5.41) is 0. The van der Waals surface area contributed by atoms with E-state index in [1.807, 2.05) is 0 Å². The van der Waals surface area contributed by atoms with E-state index >= 15 is 0 Å². The van der Waals surface area contributed by atoms with Gasteiger partial charge in [-0.1, -0.05) is 76.6 Å². The van der Waals surface area contributed by atoms with Crippen LogP contribution in [0.1, 0.15) is 96.0 Å². The Hall–Kier alpha value is -1.94. The van der Waals surface area contributed by atoms with E-state index in [1.54, 1.807) is 12.4 Å². The molecule has 0 bridgehead atoms. The van der Waals surface area contributed by atoms with Gasteiger partial charge < -0.3 is 9.47 Å². The van der Waals surface area contributed by atoms with Gasteiger partial charge in [0, 0.05) is 5.56 Å². The van der Waals surface area contributed by atoms with Crippen LogP contribution in [0.3, 0.4) is 0 Å². The third-order valence-corrected chi connectivity index (χ3v) is 7.28. The van der Waals surface area contributed by atoms with Crippen LogP contribution in [0.4, 0.5) is 0 Å². The van der Waals surface area contributed by atoms with Crippen LogP contribution < -0.4 is 4.74 Å². The zero-order valence-corrected chi connectivity index (χ0v) is 20.0. The zero-order valence-electron chi connectivity index (χ0n) is 20.0. The summed E-state index contributed by atoms with van der Waals surface area (Å²) in [5.74, 6) is 3.15. The molecule has 1 aliphatic carbocycles. The molecule has 4 nitrogen and oxygen atoms in total. The van der Waals surface area contributed by atoms with E-state index in [9.17, 15) is 0 Å². The quantitative estimate of drug-likeness (QED) is 0.258. The van der Waals surface area contributed by atoms with E-state index in [2.05, 4.69) is 48.1 Å². The molecular formula is C28H40N2O2. The standard InChI is InChI=1S/C28H40N2O2/c1-3-5-7-8-21-10-12-22(13-11-21)23-14-16-24(17-15-23)28-29-18-25(19-30-28)31-20-27-26(32-27)9-6-4-2/h14-19,21-22,26-27H,3-13,20H2,1-2H3/t21-,22-,26-,27-/m0/s1. The van der Waals surface area contributed by atoms with Crippen molar-refractivity contribution in [2.75, 3.05) is 6.61 Å². The van der Waals surface area contributed by atoms with Gasteiger partial charge in [-0.25, -0.2) is 9.97 Å². The van der Waals surface area contributed by atoms with Crippen molar-refractivity contribution in [2.45, 2.75) is 103 Å². The van der Waals surface area contributed by atoms with E-state index in [0.717, 1.165) is 23.7 Å². The number of ether oxygens (including phenoxy) is 2. The Kier molecular flexibility index (Phi) is 8.55. The maximum Gasteiger partial charge on any atom is 0.159 e. The summed E-state index contributed by atoms with van der Waals surface area (Å²) in [7, 11) is 0. The van der Waals surface area contributed by atoms with Gasteiger partial charge in [-0.2, -0.15) is 0 Å². The van der Waals surface area contributed by atoms with Crippen LogP contribution in [0.5, 0.6) is 5.75 Å². The Balaban J connectivity index is 1.23. The predicted molar refractivity (Wildman–Crippen MR) is 130 cm³/mol. The minimum Gasteiger partial charge on any atom is -0.488 e. The number of benzene rings is 1. The largest absolute Gasteiger partial charge is 0.488 e. The second kappa shape index (κ2) is 11.8. The Morgan fingerprint density at radius 2 is 1.56 bits per heavy atom. The molecule has 2 aliphatic rings. The van der Waals surface area contributed by atoms with E-state index in [1.165, 1.54) is 69.8 Å². The van der Waals surface area contributed by atoms with Crippen molar-refractivity contribution >= 4 is 0 Å². The van der Waals surface area contributed by atoms with Gasteiger partial charge in [0.05, 0.1) is 18.5 Å². The Morgan fingerprint density at radius 1 is 0.844 bits per heavy atom. The number of hydrogen-bond donors (Lipinski definition) is 0. The van der Waals surface area contributed by atoms with Crippen molar-refractivity contribution in [3.8, 4) is 17.1 Å². The SMILES string of the molecule is CCCCC[C@H]1CC[C@H](c2ccc(-c3ncc(OC[C@@H]4O[C@H]4CCCC)cn3)cc2)CC1. The molecular weight excluding hydrogens is 396 g/mol. The summed E-state index contributed by atoms with van der Waals surface area (Å²) >= 11 is 0. The highest BCUT2D eigenvalue weighted by molar-refractivity contribution is 5.55. The lowest BCUT2D eigenvalue weighted by molar-refractivity contribution is 0.258. The molecule has 0 unspecified atom stereocenters. The smallest absolute Gasteiger partial charge is 0.159 e. The van der Waals surface area contributed by atoms with Gasteiger partial charge in [0.1, 0.15) is 12.7 Å². The molecule has 32 heavy (non-hydrogen) atoms. The minimum atomic E-state index is 0.236. The molecule has 4 rings (SSSR count). The fourth-order valence-corrected chi connectivity index (χ4v) is 5.07. The van der Waals surface area contributed by atoms with Crippen molar-refractivity contribution in [1.82, 2.24) is 9.97 Å². The lowest BCUT2D eigenvalue weighted by Gasteiger charge is -2.29. The highest BCUT2D eigenvalue weighted by atomic mass is 16.6. The molecule has 2 fully saturated rings. The minimum absolute atomic E-state index is 0.236. The first-order valence-corrected chi connectivity index (χ1v) is 13.0. The van der Waals surface area contributed by atoms with Crippen molar-refractivity contribution in [3.63, 3.8) is 0 Å². The molecule has 0 N–H and O–H groups in total. The number of rotatable bonds is 12. The summed E-state index contributed by atoms with van der Waals surface area (Å²) in [6.45, 7) is 5.09. The van der Waals surface area contributed by atoms with E-state index < -0.39 is 0 Å². The zero-order chi connectivity index (χ0) is 22.2. The second-order valence-electron chi connectivity index (χ2n) is 9.74. The molecule has 4 heteroatoms. The molecule has 2 heterocycles. The number of epoxide rings is 1. The van der Waals surface area contributed by atoms with Gasteiger partial charge in [-0.3, -0.25) is 0 Å². The Labute approximate surface area is 194 Å². The average Bonchev–Trinajstić information content (AvgIpc) is 3.61. The van der Waals surface area contributed by atoms with Crippen LogP contribution >= 0.6 is 0 Å². The fraction of sp³-hybridized carbons (Fsp3) is 0.643. The first-order valence-electron chi connectivity index (χ1n) is 13.0. The summed E-state index contributed by atoms with van der Waals surface area (Å²) in [6, 6.07) is 8.92. The first kappa shape index (κ1) is 23.2. The van der Waals surface area contributed by atoms with Crippen LogP contribution in [0, 0.1) is 5.92 Å². The Bertz CT molecular complexity index is 797. The fourth-order valence-electron chi connectivity index (χ4n) is 5.07. The van der Waals surface area contributed by atoms with Gasteiger partial charge in [-0.15, -0.1) is 0 Å². The van der Waals surface area contributed by atoms with Gasteiger partial charge in [0.25, 0.3) is 0 Å². The van der Waals surface area contributed by atoms with E-state index in [0.29, 0.717) is 24.4 Å². The topological polar surface area (TPSA) is 47.5 Å². The van der Waals surface area contributed by atoms with Crippen molar-refractivity contribution in [1.29, 1.82) is 0 Å². The highest BCUT2D eigenvalue weighted by Crippen LogP contribution is 2.38. The molecule has 1 aromatic carbocycles. The molecule has 2 atom stereocenters. The molecule has 1 saturated heterocycles. The first-order chi connectivity index (χ1) is 15.8. The lowest BCUT2D eigenvalue weighted by Crippen LogP contribution is -2.13. The van der Waals surface area contributed by atoms with Crippen LogP contribution in [0.25, 0.3) is 11.4 Å². The lowest BCUT2D eigenvalue weighted by atomic mass is 9.77. The molecule has 0 radical (unpaired) electrons. The van der Waals surface area contributed by atoms with Gasteiger partial charge >= 0.3 is 0 Å². The van der Waals surface area contributed by atoms with Crippen molar-refractivity contribution < 1.29 is 9.47 Å². The normalized spacial score (nSPS) is 24.9. The van der Waals surface area contributed by atoms with Gasteiger partial charge in [0.15, 0.2) is 11.6 Å². The van der Waals surface area contributed by atoms with Crippen LogP contribution in [0.15, 0.2) is 36.7 Å².